The van der Waals surface area contributed by atoms with Crippen molar-refractivity contribution >= 4 is 10.9 Å². The second-order valence-corrected chi connectivity index (χ2v) is 7.29. The molecule has 1 fully saturated rings. The summed E-state index contributed by atoms with van der Waals surface area (Å²) >= 11 is 0. The minimum Gasteiger partial charge on any atom is -0.505 e. The van der Waals surface area contributed by atoms with Crippen LogP contribution in [-0.2, 0) is 11.2 Å². The second-order valence-electron chi connectivity index (χ2n) is 7.29. The monoisotopic (exact) mass is 340 g/mol. The molecule has 0 aliphatic carbocycles. The van der Waals surface area contributed by atoms with E-state index in [4.69, 9.17) is 9.47 Å². The molecule has 0 saturated carbocycles. The molecule has 0 bridgehead atoms. The number of aromatic nitrogens is 1. The van der Waals surface area contributed by atoms with E-state index in [1.807, 2.05) is 6.26 Å². The van der Waals surface area contributed by atoms with Gasteiger partial charge >= 0.3 is 0 Å². The van der Waals surface area contributed by atoms with Crippen LogP contribution in [0.3, 0.4) is 0 Å². The highest BCUT2D eigenvalue weighted by atomic mass is 16.5. The van der Waals surface area contributed by atoms with E-state index in [-0.39, 0.29) is 0 Å². The zero-order valence-corrected chi connectivity index (χ0v) is 15.4. The van der Waals surface area contributed by atoms with Crippen LogP contribution in [-0.4, -0.2) is 37.2 Å². The molecule has 2 aliphatic rings. The number of allylic oxidation sites excluding steroid dienone is 1. The van der Waals surface area contributed by atoms with Crippen molar-refractivity contribution in [3.8, 4) is 5.75 Å². The van der Waals surface area contributed by atoms with Crippen LogP contribution < -0.4 is 4.74 Å². The predicted molar refractivity (Wildman–Crippen MR) is 101 cm³/mol. The van der Waals surface area contributed by atoms with Gasteiger partial charge in [-0.15, -0.1) is 0 Å². The number of aromatic amines is 1. The Morgan fingerprint density at radius 3 is 2.96 bits per heavy atom. The van der Waals surface area contributed by atoms with Gasteiger partial charge < -0.3 is 14.5 Å². The number of hydrogen-bond acceptors (Lipinski definition) is 3. The first-order valence-electron chi connectivity index (χ1n) is 9.37. The molecule has 134 valence electrons. The Bertz CT molecular complexity index is 780. The molecular formula is C21H28N2O2. The summed E-state index contributed by atoms with van der Waals surface area (Å²) in [6.07, 6.45) is 7.60. The van der Waals surface area contributed by atoms with Crippen molar-refractivity contribution < 1.29 is 9.47 Å². The normalized spacial score (nSPS) is 26.6. The van der Waals surface area contributed by atoms with E-state index in [1.54, 1.807) is 14.2 Å². The molecule has 4 heteroatoms. The number of fused-ring (bicyclic) bond motifs is 5. The Balaban J connectivity index is 1.74. The van der Waals surface area contributed by atoms with Crippen LogP contribution in [0.2, 0.25) is 0 Å². The van der Waals surface area contributed by atoms with Crippen LogP contribution in [0.1, 0.15) is 37.1 Å². The number of benzene rings is 1. The van der Waals surface area contributed by atoms with Gasteiger partial charge in [-0.1, -0.05) is 19.4 Å². The summed E-state index contributed by atoms with van der Waals surface area (Å²) in [5.74, 6) is 2.27. The lowest BCUT2D eigenvalue weighted by molar-refractivity contribution is 0.0668. The molecule has 3 heterocycles. The maximum absolute atomic E-state index is 5.64. The van der Waals surface area contributed by atoms with Crippen molar-refractivity contribution in [1.82, 2.24) is 9.88 Å². The third-order valence-corrected chi connectivity index (χ3v) is 6.12. The molecule has 1 aromatic carbocycles. The molecule has 0 spiro atoms. The molecular weight excluding hydrogens is 312 g/mol. The number of hydrogen-bond donors (Lipinski definition) is 1. The van der Waals surface area contributed by atoms with E-state index in [0.717, 1.165) is 25.1 Å². The minimum atomic E-state index is 0.468. The van der Waals surface area contributed by atoms with Crippen molar-refractivity contribution in [2.24, 2.45) is 11.8 Å². The number of methoxy groups -OCH3 is 2. The van der Waals surface area contributed by atoms with Gasteiger partial charge in [0.2, 0.25) is 0 Å². The minimum absolute atomic E-state index is 0.468. The van der Waals surface area contributed by atoms with Gasteiger partial charge in [-0.3, -0.25) is 4.90 Å². The van der Waals surface area contributed by atoms with Crippen molar-refractivity contribution in [2.75, 3.05) is 27.3 Å². The van der Waals surface area contributed by atoms with Gasteiger partial charge in [0, 0.05) is 29.7 Å². The Kier molecular flexibility index (Phi) is 4.46. The van der Waals surface area contributed by atoms with E-state index >= 15 is 0 Å². The quantitative estimate of drug-likeness (QED) is 0.844. The number of rotatable bonds is 4. The smallest absolute Gasteiger partial charge is 0.128 e. The molecule has 25 heavy (non-hydrogen) atoms. The lowest BCUT2D eigenvalue weighted by Gasteiger charge is -2.45. The fourth-order valence-corrected chi connectivity index (χ4v) is 4.83. The van der Waals surface area contributed by atoms with Gasteiger partial charge in [-0.05, 0) is 48.4 Å². The standard InChI is InChI=1S/C21H28N2O2/c1-4-14-13-23-10-8-16-20-17(6-5-7-19(20)25-3)22-21(16)18(23)12-15(14)9-11-24-2/h5-7,9,11,14-15,18,22H,4,8,10,12-13H2,1-3H3/b11-9-/t14-,15+,18+/m1/s1. The molecule has 3 atom stereocenters. The number of nitrogens with zero attached hydrogens (tertiary/aromatic N) is 1. The highest BCUT2D eigenvalue weighted by molar-refractivity contribution is 5.91. The maximum Gasteiger partial charge on any atom is 0.128 e. The first-order valence-corrected chi connectivity index (χ1v) is 9.37. The van der Waals surface area contributed by atoms with E-state index in [1.165, 1.54) is 35.1 Å². The summed E-state index contributed by atoms with van der Waals surface area (Å²) in [4.78, 5) is 6.40. The third-order valence-electron chi connectivity index (χ3n) is 6.12. The van der Waals surface area contributed by atoms with E-state index in [9.17, 15) is 0 Å². The summed E-state index contributed by atoms with van der Waals surface area (Å²) in [5, 5.41) is 1.28. The molecule has 2 aromatic rings. The zero-order chi connectivity index (χ0) is 17.4. The number of nitrogens with one attached hydrogen (secondary N) is 1. The SMILES string of the molecule is CC[C@@H]1CN2CCc3c([nH]c4cccc(OC)c34)[C@@H]2C[C@@H]1/C=C\OC. The highest BCUT2D eigenvalue weighted by Crippen LogP contribution is 2.45. The van der Waals surface area contributed by atoms with Crippen molar-refractivity contribution in [1.29, 1.82) is 0 Å². The van der Waals surface area contributed by atoms with Crippen molar-refractivity contribution in [2.45, 2.75) is 32.2 Å². The van der Waals surface area contributed by atoms with Gasteiger partial charge in [-0.25, -0.2) is 0 Å². The van der Waals surface area contributed by atoms with Gasteiger partial charge in [0.25, 0.3) is 0 Å². The van der Waals surface area contributed by atoms with Crippen LogP contribution in [0.4, 0.5) is 0 Å². The fraction of sp³-hybridized carbons (Fsp3) is 0.524. The molecule has 1 aromatic heterocycles. The average molecular weight is 340 g/mol. The Hall–Kier alpha value is -1.94. The summed E-state index contributed by atoms with van der Waals surface area (Å²) in [6, 6.07) is 6.77. The predicted octanol–water partition coefficient (Wildman–Crippen LogP) is 4.28. The van der Waals surface area contributed by atoms with Crippen LogP contribution >= 0.6 is 0 Å². The zero-order valence-electron chi connectivity index (χ0n) is 15.4. The molecule has 0 radical (unpaired) electrons. The van der Waals surface area contributed by atoms with Gasteiger partial charge in [-0.2, -0.15) is 0 Å². The summed E-state index contributed by atoms with van der Waals surface area (Å²) in [6.45, 7) is 4.62. The van der Waals surface area contributed by atoms with Gasteiger partial charge in [0.15, 0.2) is 0 Å². The van der Waals surface area contributed by atoms with Crippen LogP contribution in [0.25, 0.3) is 10.9 Å². The third kappa shape index (κ3) is 2.73. The van der Waals surface area contributed by atoms with E-state index in [0.29, 0.717) is 17.9 Å². The Morgan fingerprint density at radius 2 is 2.20 bits per heavy atom. The summed E-state index contributed by atoms with van der Waals surface area (Å²) in [5.41, 5.74) is 4.06. The maximum atomic E-state index is 5.64. The number of H-pyrrole nitrogens is 1. The molecule has 4 rings (SSSR count). The van der Waals surface area contributed by atoms with E-state index < -0.39 is 0 Å². The van der Waals surface area contributed by atoms with Gasteiger partial charge in [0.05, 0.1) is 26.5 Å². The Labute approximate surface area is 149 Å². The molecule has 4 nitrogen and oxygen atoms in total. The Morgan fingerprint density at radius 1 is 1.32 bits per heavy atom. The van der Waals surface area contributed by atoms with Crippen LogP contribution in [0.15, 0.2) is 30.5 Å². The van der Waals surface area contributed by atoms with Gasteiger partial charge in [0.1, 0.15) is 5.75 Å². The van der Waals surface area contributed by atoms with Crippen molar-refractivity contribution in [3.63, 3.8) is 0 Å². The first-order chi connectivity index (χ1) is 12.3. The largest absolute Gasteiger partial charge is 0.505 e. The first kappa shape index (κ1) is 16.5. The molecule has 1 saturated heterocycles. The average Bonchev–Trinajstić information content (AvgIpc) is 3.04. The highest BCUT2D eigenvalue weighted by Gasteiger charge is 2.39. The lowest BCUT2D eigenvalue weighted by atomic mass is 9.77. The lowest BCUT2D eigenvalue weighted by Crippen LogP contribution is -2.45. The second kappa shape index (κ2) is 6.75. The molecule has 1 N–H and O–H groups in total. The summed E-state index contributed by atoms with van der Waals surface area (Å²) in [7, 11) is 3.50. The van der Waals surface area contributed by atoms with Crippen molar-refractivity contribution in [3.05, 3.63) is 41.8 Å². The summed E-state index contributed by atoms with van der Waals surface area (Å²) < 4.78 is 10.8. The molecule has 0 unspecified atom stereocenters. The van der Waals surface area contributed by atoms with Crippen LogP contribution in [0, 0.1) is 11.8 Å². The topological polar surface area (TPSA) is 37.5 Å². The van der Waals surface area contributed by atoms with Crippen LogP contribution in [0.5, 0.6) is 5.75 Å². The number of ether oxygens (including phenoxy) is 2. The molecule has 2 aliphatic heterocycles. The number of piperidine rings is 1. The molecule has 0 amide bonds. The fourth-order valence-electron chi connectivity index (χ4n) is 4.83. The van der Waals surface area contributed by atoms with E-state index in [2.05, 4.69) is 41.1 Å².